The number of carbonyl (C=O) groups excluding carboxylic acids is 2. The summed E-state index contributed by atoms with van der Waals surface area (Å²) in [4.78, 5) is 22.7. The first-order valence-corrected chi connectivity index (χ1v) is 7.22. The second-order valence-corrected chi connectivity index (χ2v) is 5.21. The maximum Gasteiger partial charge on any atom is 0.349 e. The average Bonchev–Trinajstić information content (AvgIpc) is 2.50. The lowest BCUT2D eigenvalue weighted by Gasteiger charge is -2.09. The summed E-state index contributed by atoms with van der Waals surface area (Å²) in [5.74, 6) is 0.380. The molecule has 5 heteroatoms. The molecule has 2 aromatic carbocycles. The first kappa shape index (κ1) is 16.5. The van der Waals surface area contributed by atoms with Gasteiger partial charge in [0.15, 0.2) is 6.61 Å². The third kappa shape index (κ3) is 5.14. The van der Waals surface area contributed by atoms with Crippen LogP contribution in [0.25, 0.3) is 0 Å². The third-order valence-corrected chi connectivity index (χ3v) is 3.24. The summed E-state index contributed by atoms with van der Waals surface area (Å²) < 4.78 is 10.6. The zero-order chi connectivity index (χ0) is 16.8. The number of carbonyl (C=O) groups is 2. The summed E-state index contributed by atoms with van der Waals surface area (Å²) in [5.41, 5.74) is 2.91. The number of hydrogen-bond acceptors (Lipinski definition) is 4. The SMILES string of the molecule is CC(=O)Nc1ccc(OC(=O)COc2ccc(C)c(C)c2)cc1. The number of hydrogen-bond donors (Lipinski definition) is 1. The number of aryl methyl sites for hydroxylation is 2. The molecule has 0 aromatic heterocycles. The molecule has 0 fully saturated rings. The summed E-state index contributed by atoms with van der Waals surface area (Å²) >= 11 is 0. The van der Waals surface area contributed by atoms with Gasteiger partial charge < -0.3 is 14.8 Å². The minimum Gasteiger partial charge on any atom is -0.482 e. The number of benzene rings is 2. The van der Waals surface area contributed by atoms with Crippen LogP contribution in [0.2, 0.25) is 0 Å². The normalized spacial score (nSPS) is 10.0. The van der Waals surface area contributed by atoms with Crippen molar-refractivity contribution >= 4 is 17.6 Å². The standard InChI is InChI=1S/C18H19NO4/c1-12-4-7-17(10-13(12)2)22-11-18(21)23-16-8-5-15(6-9-16)19-14(3)20/h4-10H,11H2,1-3H3,(H,19,20). The van der Waals surface area contributed by atoms with Crippen molar-refractivity contribution < 1.29 is 19.1 Å². The van der Waals surface area contributed by atoms with Crippen LogP contribution in [-0.2, 0) is 9.59 Å². The van der Waals surface area contributed by atoms with Crippen LogP contribution in [0.1, 0.15) is 18.1 Å². The molecule has 2 aromatic rings. The van der Waals surface area contributed by atoms with Crippen LogP contribution < -0.4 is 14.8 Å². The zero-order valence-electron chi connectivity index (χ0n) is 13.4. The molecule has 0 bridgehead atoms. The number of ether oxygens (including phenoxy) is 2. The van der Waals surface area contributed by atoms with E-state index in [2.05, 4.69) is 5.32 Å². The Bertz CT molecular complexity index is 707. The zero-order valence-corrected chi connectivity index (χ0v) is 13.4. The van der Waals surface area contributed by atoms with Crippen molar-refractivity contribution in [2.45, 2.75) is 20.8 Å². The average molecular weight is 313 g/mol. The fourth-order valence-electron chi connectivity index (χ4n) is 1.92. The highest BCUT2D eigenvalue weighted by Gasteiger charge is 2.07. The quantitative estimate of drug-likeness (QED) is 0.680. The summed E-state index contributed by atoms with van der Waals surface area (Å²) in [6.07, 6.45) is 0. The van der Waals surface area contributed by atoms with E-state index >= 15 is 0 Å². The molecular formula is C18H19NO4. The number of esters is 1. The molecule has 0 saturated heterocycles. The van der Waals surface area contributed by atoms with Gasteiger partial charge in [-0.25, -0.2) is 4.79 Å². The predicted octanol–water partition coefficient (Wildman–Crippen LogP) is 3.25. The molecule has 0 unspecified atom stereocenters. The fraction of sp³-hybridized carbons (Fsp3) is 0.222. The first-order valence-electron chi connectivity index (χ1n) is 7.22. The van der Waals surface area contributed by atoms with Gasteiger partial charge in [0.2, 0.25) is 5.91 Å². The Kier molecular flexibility index (Phi) is 5.36. The topological polar surface area (TPSA) is 64.6 Å². The van der Waals surface area contributed by atoms with Gasteiger partial charge in [0.1, 0.15) is 11.5 Å². The van der Waals surface area contributed by atoms with E-state index < -0.39 is 5.97 Å². The molecule has 1 N–H and O–H groups in total. The minimum atomic E-state index is -0.490. The molecular weight excluding hydrogens is 294 g/mol. The Hall–Kier alpha value is -2.82. The van der Waals surface area contributed by atoms with E-state index in [1.54, 1.807) is 24.3 Å². The maximum absolute atomic E-state index is 11.8. The van der Waals surface area contributed by atoms with Crippen molar-refractivity contribution in [2.75, 3.05) is 11.9 Å². The highest BCUT2D eigenvalue weighted by molar-refractivity contribution is 5.88. The van der Waals surface area contributed by atoms with Crippen molar-refractivity contribution in [3.63, 3.8) is 0 Å². The predicted molar refractivity (Wildman–Crippen MR) is 87.8 cm³/mol. The van der Waals surface area contributed by atoms with Gasteiger partial charge in [0, 0.05) is 12.6 Å². The monoisotopic (exact) mass is 313 g/mol. The van der Waals surface area contributed by atoms with Gasteiger partial charge in [0.25, 0.3) is 0 Å². The number of nitrogens with one attached hydrogen (secondary N) is 1. The van der Waals surface area contributed by atoms with E-state index in [-0.39, 0.29) is 12.5 Å². The number of rotatable bonds is 5. The Labute approximate surface area is 135 Å². The molecule has 5 nitrogen and oxygen atoms in total. The van der Waals surface area contributed by atoms with Crippen molar-refractivity contribution in [1.29, 1.82) is 0 Å². The van der Waals surface area contributed by atoms with Crippen molar-refractivity contribution in [2.24, 2.45) is 0 Å². The van der Waals surface area contributed by atoms with Crippen LogP contribution in [0.5, 0.6) is 11.5 Å². The van der Waals surface area contributed by atoms with Crippen molar-refractivity contribution in [3.8, 4) is 11.5 Å². The molecule has 120 valence electrons. The maximum atomic E-state index is 11.8. The molecule has 0 aliphatic heterocycles. The smallest absolute Gasteiger partial charge is 0.349 e. The minimum absolute atomic E-state index is 0.156. The molecule has 0 atom stereocenters. The molecule has 0 radical (unpaired) electrons. The Morgan fingerprint density at radius 2 is 1.61 bits per heavy atom. The summed E-state index contributed by atoms with van der Waals surface area (Å²) in [5, 5.41) is 2.64. The molecule has 0 saturated carbocycles. The molecule has 1 amide bonds. The lowest BCUT2D eigenvalue weighted by molar-refractivity contribution is -0.136. The Morgan fingerprint density at radius 1 is 0.957 bits per heavy atom. The lowest BCUT2D eigenvalue weighted by atomic mass is 10.1. The van der Waals surface area contributed by atoms with Crippen LogP contribution in [0.3, 0.4) is 0 Å². The second kappa shape index (κ2) is 7.45. The summed E-state index contributed by atoms with van der Waals surface area (Å²) in [7, 11) is 0. The van der Waals surface area contributed by atoms with E-state index in [0.29, 0.717) is 17.2 Å². The summed E-state index contributed by atoms with van der Waals surface area (Å²) in [6, 6.07) is 12.2. The molecule has 0 spiro atoms. The van der Waals surface area contributed by atoms with E-state index in [4.69, 9.17) is 9.47 Å². The first-order chi connectivity index (χ1) is 10.9. The Morgan fingerprint density at radius 3 is 2.22 bits per heavy atom. The molecule has 2 rings (SSSR count). The number of amides is 1. The van der Waals surface area contributed by atoms with Crippen LogP contribution in [-0.4, -0.2) is 18.5 Å². The van der Waals surface area contributed by atoms with Crippen LogP contribution in [0, 0.1) is 13.8 Å². The van der Waals surface area contributed by atoms with Gasteiger partial charge in [-0.2, -0.15) is 0 Å². The van der Waals surface area contributed by atoms with Crippen molar-refractivity contribution in [1.82, 2.24) is 0 Å². The van der Waals surface area contributed by atoms with E-state index in [1.807, 2.05) is 32.0 Å². The molecule has 0 aliphatic rings. The van der Waals surface area contributed by atoms with Gasteiger partial charge in [-0.3, -0.25) is 4.79 Å². The third-order valence-electron chi connectivity index (χ3n) is 3.24. The van der Waals surface area contributed by atoms with E-state index in [1.165, 1.54) is 12.5 Å². The Balaban J connectivity index is 1.86. The molecule has 0 heterocycles. The van der Waals surface area contributed by atoms with Crippen LogP contribution >= 0.6 is 0 Å². The van der Waals surface area contributed by atoms with Gasteiger partial charge >= 0.3 is 5.97 Å². The highest BCUT2D eigenvalue weighted by atomic mass is 16.6. The molecule has 0 aliphatic carbocycles. The van der Waals surface area contributed by atoms with Gasteiger partial charge in [-0.05, 0) is 61.4 Å². The number of anilines is 1. The van der Waals surface area contributed by atoms with E-state index in [9.17, 15) is 9.59 Å². The summed E-state index contributed by atoms with van der Waals surface area (Å²) in [6.45, 7) is 5.25. The van der Waals surface area contributed by atoms with E-state index in [0.717, 1.165) is 5.56 Å². The van der Waals surface area contributed by atoms with Gasteiger partial charge in [0.05, 0.1) is 0 Å². The van der Waals surface area contributed by atoms with Gasteiger partial charge in [-0.1, -0.05) is 6.07 Å². The fourth-order valence-corrected chi connectivity index (χ4v) is 1.92. The van der Waals surface area contributed by atoms with Gasteiger partial charge in [-0.15, -0.1) is 0 Å². The van der Waals surface area contributed by atoms with Crippen LogP contribution in [0.4, 0.5) is 5.69 Å². The molecule has 23 heavy (non-hydrogen) atoms. The van der Waals surface area contributed by atoms with Crippen LogP contribution in [0.15, 0.2) is 42.5 Å². The van der Waals surface area contributed by atoms with Crippen molar-refractivity contribution in [3.05, 3.63) is 53.6 Å². The second-order valence-electron chi connectivity index (χ2n) is 5.21. The largest absolute Gasteiger partial charge is 0.482 e. The lowest BCUT2D eigenvalue weighted by Crippen LogP contribution is -2.17. The highest BCUT2D eigenvalue weighted by Crippen LogP contribution is 2.18.